The van der Waals surface area contributed by atoms with Crippen molar-refractivity contribution in [2.45, 2.75) is 46.2 Å². The first kappa shape index (κ1) is 15.4. The second kappa shape index (κ2) is 5.15. The van der Waals surface area contributed by atoms with Crippen LogP contribution >= 0.6 is 0 Å². The number of nitrogens with zero attached hydrogens (tertiary/aromatic N) is 1. The molecule has 0 heterocycles. The van der Waals surface area contributed by atoms with Crippen molar-refractivity contribution in [1.29, 1.82) is 0 Å². The summed E-state index contributed by atoms with van der Waals surface area (Å²) >= 11 is 0. The predicted octanol–water partition coefficient (Wildman–Crippen LogP) is 0.816. The molecule has 0 bridgehead atoms. The van der Waals surface area contributed by atoms with Gasteiger partial charge in [-0.1, -0.05) is 20.8 Å². The van der Waals surface area contributed by atoms with E-state index in [-0.39, 0.29) is 11.3 Å². The Labute approximate surface area is 99.6 Å². The van der Waals surface area contributed by atoms with Crippen molar-refractivity contribution < 1.29 is 4.79 Å². The number of hydrogen-bond acceptors (Lipinski definition) is 3. The minimum atomic E-state index is -0.672. The summed E-state index contributed by atoms with van der Waals surface area (Å²) in [6.07, 6.45) is 0. The lowest BCUT2D eigenvalue weighted by atomic mass is 9.86. The standard InChI is InChI=1S/C12H27N3O/c1-9(11(2,3)4)15(7)8-12(5,14-6)10(13)16/h9,14H,8H2,1-7H3,(H2,13,16). The summed E-state index contributed by atoms with van der Waals surface area (Å²) in [6, 6.07) is 0.375. The zero-order valence-electron chi connectivity index (χ0n) is 11.7. The SMILES string of the molecule is CNC(C)(CN(C)C(C)C(C)(C)C)C(N)=O. The van der Waals surface area contributed by atoms with Gasteiger partial charge in [0.2, 0.25) is 5.91 Å². The topological polar surface area (TPSA) is 58.4 Å². The molecule has 0 aromatic rings. The lowest BCUT2D eigenvalue weighted by molar-refractivity contribution is -0.124. The maximum absolute atomic E-state index is 11.4. The summed E-state index contributed by atoms with van der Waals surface area (Å²) in [5.74, 6) is -0.317. The molecule has 0 aliphatic heterocycles. The number of nitrogens with one attached hydrogen (secondary N) is 1. The highest BCUT2D eigenvalue weighted by Crippen LogP contribution is 2.24. The molecule has 0 aliphatic rings. The molecule has 0 rings (SSSR count). The van der Waals surface area contributed by atoms with E-state index >= 15 is 0 Å². The van der Waals surface area contributed by atoms with E-state index in [1.54, 1.807) is 7.05 Å². The average Bonchev–Trinajstić information content (AvgIpc) is 2.14. The predicted molar refractivity (Wildman–Crippen MR) is 68.2 cm³/mol. The first-order valence-electron chi connectivity index (χ1n) is 5.73. The molecule has 0 radical (unpaired) electrons. The van der Waals surface area contributed by atoms with Crippen LogP contribution in [0.3, 0.4) is 0 Å². The molecule has 0 aromatic heterocycles. The maximum atomic E-state index is 11.4. The Morgan fingerprint density at radius 2 is 1.81 bits per heavy atom. The van der Waals surface area contributed by atoms with Gasteiger partial charge in [-0.2, -0.15) is 0 Å². The van der Waals surface area contributed by atoms with Gasteiger partial charge < -0.3 is 16.0 Å². The minimum Gasteiger partial charge on any atom is -0.368 e. The Kier molecular flexibility index (Phi) is 4.95. The molecule has 1 amide bonds. The zero-order valence-corrected chi connectivity index (χ0v) is 11.7. The number of carbonyl (C=O) groups is 1. The first-order valence-corrected chi connectivity index (χ1v) is 5.73. The highest BCUT2D eigenvalue weighted by Gasteiger charge is 2.34. The third-order valence-corrected chi connectivity index (χ3v) is 3.58. The van der Waals surface area contributed by atoms with Gasteiger partial charge in [0.25, 0.3) is 0 Å². The molecular formula is C12H27N3O. The second-order valence-electron chi connectivity index (χ2n) is 5.90. The maximum Gasteiger partial charge on any atom is 0.238 e. The molecule has 4 nitrogen and oxygen atoms in total. The number of primary amides is 1. The molecule has 0 aromatic carbocycles. The average molecular weight is 229 g/mol. The fourth-order valence-corrected chi connectivity index (χ4v) is 1.58. The van der Waals surface area contributed by atoms with Gasteiger partial charge in [0.15, 0.2) is 0 Å². The Hall–Kier alpha value is -0.610. The molecule has 4 heteroatoms. The van der Waals surface area contributed by atoms with E-state index in [1.165, 1.54) is 0 Å². The van der Waals surface area contributed by atoms with E-state index < -0.39 is 5.54 Å². The third kappa shape index (κ3) is 3.76. The number of carbonyl (C=O) groups excluding carboxylic acids is 1. The van der Waals surface area contributed by atoms with Crippen LogP contribution in [0.25, 0.3) is 0 Å². The van der Waals surface area contributed by atoms with E-state index in [0.717, 1.165) is 0 Å². The highest BCUT2D eigenvalue weighted by atomic mass is 16.1. The van der Waals surface area contributed by atoms with E-state index in [0.29, 0.717) is 12.6 Å². The molecule has 3 N–H and O–H groups in total. The van der Waals surface area contributed by atoms with E-state index in [4.69, 9.17) is 5.73 Å². The van der Waals surface area contributed by atoms with Crippen molar-refractivity contribution in [3.8, 4) is 0 Å². The van der Waals surface area contributed by atoms with Crippen molar-refractivity contribution >= 4 is 5.91 Å². The lowest BCUT2D eigenvalue weighted by Gasteiger charge is -2.39. The number of likely N-dealkylation sites (N-methyl/N-ethyl adjacent to an activating group) is 2. The smallest absolute Gasteiger partial charge is 0.238 e. The molecule has 0 aliphatic carbocycles. The van der Waals surface area contributed by atoms with Crippen LogP contribution in [-0.4, -0.2) is 43.0 Å². The largest absolute Gasteiger partial charge is 0.368 e. The molecule has 2 atom stereocenters. The summed E-state index contributed by atoms with van der Waals surface area (Å²) in [6.45, 7) is 11.2. The number of nitrogens with two attached hydrogens (primary N) is 1. The normalized spacial score (nSPS) is 18.2. The Morgan fingerprint density at radius 3 is 2.06 bits per heavy atom. The summed E-state index contributed by atoms with van der Waals surface area (Å²) < 4.78 is 0. The van der Waals surface area contributed by atoms with Gasteiger partial charge in [-0.05, 0) is 33.4 Å². The van der Waals surface area contributed by atoms with Gasteiger partial charge in [0, 0.05) is 12.6 Å². The van der Waals surface area contributed by atoms with Crippen LogP contribution in [0, 0.1) is 5.41 Å². The van der Waals surface area contributed by atoms with Gasteiger partial charge in [0.05, 0.1) is 0 Å². The quantitative estimate of drug-likeness (QED) is 0.733. The van der Waals surface area contributed by atoms with Crippen LogP contribution in [0.4, 0.5) is 0 Å². The van der Waals surface area contributed by atoms with Crippen LogP contribution in [0.15, 0.2) is 0 Å². The van der Waals surface area contributed by atoms with E-state index in [9.17, 15) is 4.79 Å². The number of amides is 1. The summed E-state index contributed by atoms with van der Waals surface area (Å²) in [4.78, 5) is 13.6. The molecular weight excluding hydrogens is 202 g/mol. The van der Waals surface area contributed by atoms with Crippen LogP contribution in [0.1, 0.15) is 34.6 Å². The summed E-state index contributed by atoms with van der Waals surface area (Å²) in [5, 5.41) is 3.00. The van der Waals surface area contributed by atoms with Crippen LogP contribution in [0.2, 0.25) is 0 Å². The van der Waals surface area contributed by atoms with Gasteiger partial charge in [-0.3, -0.25) is 4.79 Å². The Balaban J connectivity index is 4.66. The molecule has 16 heavy (non-hydrogen) atoms. The molecule has 0 fully saturated rings. The molecule has 96 valence electrons. The van der Waals surface area contributed by atoms with Crippen LogP contribution in [-0.2, 0) is 4.79 Å². The molecule has 0 saturated heterocycles. The van der Waals surface area contributed by atoms with E-state index in [1.807, 2.05) is 14.0 Å². The summed E-state index contributed by atoms with van der Waals surface area (Å²) in [7, 11) is 3.79. The molecule has 0 spiro atoms. The van der Waals surface area contributed by atoms with Gasteiger partial charge >= 0.3 is 0 Å². The van der Waals surface area contributed by atoms with Crippen molar-refractivity contribution in [3.05, 3.63) is 0 Å². The van der Waals surface area contributed by atoms with Crippen LogP contribution < -0.4 is 11.1 Å². The van der Waals surface area contributed by atoms with Crippen molar-refractivity contribution in [2.24, 2.45) is 11.1 Å². The molecule has 2 unspecified atom stereocenters. The summed E-state index contributed by atoms with van der Waals surface area (Å²) in [5.41, 5.74) is 4.92. The molecule has 0 saturated carbocycles. The fourth-order valence-electron chi connectivity index (χ4n) is 1.58. The van der Waals surface area contributed by atoms with E-state index in [2.05, 4.69) is 37.9 Å². The first-order chi connectivity index (χ1) is 7.04. The highest BCUT2D eigenvalue weighted by molar-refractivity contribution is 5.84. The monoisotopic (exact) mass is 229 g/mol. The Morgan fingerprint density at radius 1 is 1.38 bits per heavy atom. The van der Waals surface area contributed by atoms with Crippen molar-refractivity contribution in [3.63, 3.8) is 0 Å². The third-order valence-electron chi connectivity index (χ3n) is 3.58. The number of rotatable bonds is 5. The van der Waals surface area contributed by atoms with Crippen molar-refractivity contribution in [1.82, 2.24) is 10.2 Å². The second-order valence-corrected chi connectivity index (χ2v) is 5.90. The lowest BCUT2D eigenvalue weighted by Crippen LogP contribution is -2.59. The number of hydrogen-bond donors (Lipinski definition) is 2. The Bertz CT molecular complexity index is 247. The van der Waals surface area contributed by atoms with Crippen LogP contribution in [0.5, 0.6) is 0 Å². The van der Waals surface area contributed by atoms with Gasteiger partial charge in [0.1, 0.15) is 5.54 Å². The fraction of sp³-hybridized carbons (Fsp3) is 0.917. The van der Waals surface area contributed by atoms with Crippen molar-refractivity contribution in [2.75, 3.05) is 20.6 Å². The van der Waals surface area contributed by atoms with Gasteiger partial charge in [-0.25, -0.2) is 0 Å². The minimum absolute atomic E-state index is 0.182. The van der Waals surface area contributed by atoms with Gasteiger partial charge in [-0.15, -0.1) is 0 Å². The zero-order chi connectivity index (χ0) is 13.1.